The highest BCUT2D eigenvalue weighted by Gasteiger charge is 2.22. The molecule has 0 fully saturated rings. The van der Waals surface area contributed by atoms with Crippen LogP contribution in [-0.2, 0) is 0 Å². The van der Waals surface area contributed by atoms with Gasteiger partial charge in [0.25, 0.3) is 0 Å². The second kappa shape index (κ2) is 6.87. The molecule has 1 aromatic heterocycles. The van der Waals surface area contributed by atoms with E-state index < -0.39 is 5.43 Å². The summed E-state index contributed by atoms with van der Waals surface area (Å²) in [6, 6.07) is 7.79. The molecule has 0 saturated heterocycles. The first-order chi connectivity index (χ1) is 12.5. The fourth-order valence-electron chi connectivity index (χ4n) is 2.83. The number of benzene rings is 2. The number of fused-ring (bicyclic) bond motifs is 1. The minimum absolute atomic E-state index is 0.000245. The molecule has 3 aromatic rings. The van der Waals surface area contributed by atoms with Crippen LogP contribution in [0.1, 0.15) is 0 Å². The Kier molecular flexibility index (Phi) is 4.62. The van der Waals surface area contributed by atoms with E-state index in [2.05, 4.69) is 0 Å². The largest absolute Gasteiger partial charge is 0.507 e. The summed E-state index contributed by atoms with van der Waals surface area (Å²) in [6.07, 6.45) is 0. The van der Waals surface area contributed by atoms with Gasteiger partial charge >= 0.3 is 0 Å². The van der Waals surface area contributed by atoms with Crippen LogP contribution in [0.2, 0.25) is 0 Å². The lowest BCUT2D eigenvalue weighted by atomic mass is 10.1. The molecule has 2 aromatic carbocycles. The highest BCUT2D eigenvalue weighted by Crippen LogP contribution is 2.43. The minimum atomic E-state index is -0.437. The van der Waals surface area contributed by atoms with Crippen molar-refractivity contribution in [3.8, 4) is 40.1 Å². The molecule has 0 aliphatic heterocycles. The molecule has 0 aliphatic carbocycles. The van der Waals surface area contributed by atoms with Crippen molar-refractivity contribution in [3.05, 3.63) is 40.6 Å². The van der Waals surface area contributed by atoms with Gasteiger partial charge in [-0.1, -0.05) is 6.07 Å². The Hall–Kier alpha value is -3.35. The highest BCUT2D eigenvalue weighted by molar-refractivity contribution is 5.92. The van der Waals surface area contributed by atoms with E-state index in [1.165, 1.54) is 40.6 Å². The fraction of sp³-hybridized carbons (Fsp3) is 0.211. The Morgan fingerprint density at radius 1 is 0.885 bits per heavy atom. The number of phenolic OH excluding ortho intramolecular Hbond substituents is 1. The highest BCUT2D eigenvalue weighted by atomic mass is 16.5. The first kappa shape index (κ1) is 17.5. The third-order valence-corrected chi connectivity index (χ3v) is 4.00. The molecule has 7 nitrogen and oxygen atoms in total. The molecule has 26 heavy (non-hydrogen) atoms. The van der Waals surface area contributed by atoms with E-state index in [4.69, 9.17) is 23.4 Å². The summed E-state index contributed by atoms with van der Waals surface area (Å²) in [6.45, 7) is 0. The van der Waals surface area contributed by atoms with Crippen LogP contribution in [-0.4, -0.2) is 33.5 Å². The maximum absolute atomic E-state index is 12.7. The van der Waals surface area contributed by atoms with Crippen LogP contribution in [0.5, 0.6) is 28.7 Å². The third kappa shape index (κ3) is 2.67. The minimum Gasteiger partial charge on any atom is -0.507 e. The van der Waals surface area contributed by atoms with Gasteiger partial charge in [0, 0.05) is 12.1 Å². The average Bonchev–Trinajstić information content (AvgIpc) is 2.66. The van der Waals surface area contributed by atoms with E-state index in [0.29, 0.717) is 17.1 Å². The molecule has 0 bridgehead atoms. The third-order valence-electron chi connectivity index (χ3n) is 4.00. The number of ether oxygens (including phenoxy) is 4. The van der Waals surface area contributed by atoms with E-state index >= 15 is 0 Å². The lowest BCUT2D eigenvalue weighted by molar-refractivity contribution is 0.350. The van der Waals surface area contributed by atoms with Crippen LogP contribution >= 0.6 is 0 Å². The summed E-state index contributed by atoms with van der Waals surface area (Å²) in [5.74, 6) is 1.33. The van der Waals surface area contributed by atoms with Crippen molar-refractivity contribution in [2.24, 2.45) is 0 Å². The van der Waals surface area contributed by atoms with E-state index in [1.807, 2.05) is 0 Å². The summed E-state index contributed by atoms with van der Waals surface area (Å²) in [5, 5.41) is 10.2. The summed E-state index contributed by atoms with van der Waals surface area (Å²) in [7, 11) is 5.86. The molecule has 0 aliphatic rings. The zero-order valence-corrected chi connectivity index (χ0v) is 14.8. The fourth-order valence-corrected chi connectivity index (χ4v) is 2.83. The van der Waals surface area contributed by atoms with Crippen molar-refractivity contribution in [1.29, 1.82) is 0 Å². The van der Waals surface area contributed by atoms with E-state index in [1.54, 1.807) is 18.2 Å². The summed E-state index contributed by atoms with van der Waals surface area (Å²) >= 11 is 0. The molecule has 136 valence electrons. The number of hydrogen-bond acceptors (Lipinski definition) is 7. The van der Waals surface area contributed by atoms with E-state index in [-0.39, 0.29) is 34.0 Å². The number of methoxy groups -OCH3 is 4. The van der Waals surface area contributed by atoms with Gasteiger partial charge in [-0.2, -0.15) is 0 Å². The maximum atomic E-state index is 12.7. The van der Waals surface area contributed by atoms with Gasteiger partial charge in [0.1, 0.15) is 34.0 Å². The molecule has 0 spiro atoms. The summed E-state index contributed by atoms with van der Waals surface area (Å²) < 4.78 is 27.2. The van der Waals surface area contributed by atoms with E-state index in [0.717, 1.165) is 0 Å². The predicted octanol–water partition coefficient (Wildman–Crippen LogP) is 3.20. The van der Waals surface area contributed by atoms with Crippen molar-refractivity contribution in [2.45, 2.75) is 0 Å². The van der Waals surface area contributed by atoms with Crippen molar-refractivity contribution in [1.82, 2.24) is 0 Å². The van der Waals surface area contributed by atoms with Gasteiger partial charge in [0.2, 0.25) is 5.75 Å². The van der Waals surface area contributed by atoms with Gasteiger partial charge in [0.15, 0.2) is 16.8 Å². The monoisotopic (exact) mass is 358 g/mol. The van der Waals surface area contributed by atoms with Crippen LogP contribution < -0.4 is 24.4 Å². The van der Waals surface area contributed by atoms with Gasteiger partial charge < -0.3 is 28.5 Å². The molecule has 1 N–H and O–H groups in total. The van der Waals surface area contributed by atoms with Crippen LogP contribution in [0.3, 0.4) is 0 Å². The Bertz CT molecular complexity index is 998. The van der Waals surface area contributed by atoms with Gasteiger partial charge in [-0.05, 0) is 12.1 Å². The van der Waals surface area contributed by atoms with Crippen LogP contribution in [0.25, 0.3) is 22.3 Å². The topological polar surface area (TPSA) is 87.4 Å². The quantitative estimate of drug-likeness (QED) is 0.749. The summed E-state index contributed by atoms with van der Waals surface area (Å²) in [5.41, 5.74) is 0.105. The van der Waals surface area contributed by atoms with Crippen molar-refractivity contribution >= 4 is 11.0 Å². The van der Waals surface area contributed by atoms with E-state index in [9.17, 15) is 9.90 Å². The van der Waals surface area contributed by atoms with Crippen molar-refractivity contribution in [3.63, 3.8) is 0 Å². The molecular formula is C19H18O7. The van der Waals surface area contributed by atoms with Gasteiger partial charge in [-0.15, -0.1) is 0 Å². The second-order valence-electron chi connectivity index (χ2n) is 5.35. The van der Waals surface area contributed by atoms with Crippen LogP contribution in [0, 0.1) is 0 Å². The van der Waals surface area contributed by atoms with Crippen molar-refractivity contribution < 1.29 is 28.5 Å². The van der Waals surface area contributed by atoms with Gasteiger partial charge in [-0.3, -0.25) is 4.79 Å². The molecule has 0 amide bonds. The molecule has 0 unspecified atom stereocenters. The zero-order valence-electron chi connectivity index (χ0n) is 14.8. The average molecular weight is 358 g/mol. The normalized spacial score (nSPS) is 10.6. The molecule has 7 heteroatoms. The molecule has 0 radical (unpaired) electrons. The second-order valence-corrected chi connectivity index (χ2v) is 5.35. The first-order valence-electron chi connectivity index (χ1n) is 7.68. The Morgan fingerprint density at radius 3 is 2.04 bits per heavy atom. The molecule has 0 atom stereocenters. The van der Waals surface area contributed by atoms with Crippen molar-refractivity contribution in [2.75, 3.05) is 28.4 Å². The molecule has 3 rings (SSSR count). The SMILES string of the molecule is COc1cccc(OC)c1-c1cc(=O)c2c(O)cc(OC)c(OC)c2o1. The number of rotatable bonds is 5. The Balaban J connectivity index is 2.43. The Labute approximate surface area is 149 Å². The summed E-state index contributed by atoms with van der Waals surface area (Å²) in [4.78, 5) is 12.7. The number of hydrogen-bond donors (Lipinski definition) is 1. The lowest BCUT2D eigenvalue weighted by Crippen LogP contribution is -2.04. The van der Waals surface area contributed by atoms with Gasteiger partial charge in [0.05, 0.1) is 28.4 Å². The number of phenols is 1. The van der Waals surface area contributed by atoms with Crippen LogP contribution in [0.15, 0.2) is 39.5 Å². The maximum Gasteiger partial charge on any atom is 0.205 e. The molecule has 1 heterocycles. The smallest absolute Gasteiger partial charge is 0.205 e. The molecular weight excluding hydrogens is 340 g/mol. The van der Waals surface area contributed by atoms with Crippen LogP contribution in [0.4, 0.5) is 0 Å². The zero-order chi connectivity index (χ0) is 18.8. The first-order valence-corrected chi connectivity index (χ1v) is 7.68. The predicted molar refractivity (Wildman–Crippen MR) is 95.8 cm³/mol. The number of aromatic hydroxyl groups is 1. The lowest BCUT2D eigenvalue weighted by Gasteiger charge is -2.14. The Morgan fingerprint density at radius 2 is 1.50 bits per heavy atom. The molecule has 0 saturated carbocycles. The standard InChI is InChI=1S/C19H18O7/c1-22-12-6-5-7-13(23-2)17(12)14-8-10(20)16-11(21)9-15(24-3)18(25-4)19(16)26-14/h5-9,21H,1-4H3. The van der Waals surface area contributed by atoms with Gasteiger partial charge in [-0.25, -0.2) is 0 Å².